The van der Waals surface area contributed by atoms with Gasteiger partial charge in [-0.25, -0.2) is 9.67 Å². The van der Waals surface area contributed by atoms with Crippen molar-refractivity contribution in [3.63, 3.8) is 0 Å². The molecule has 1 unspecified atom stereocenters. The maximum atomic E-state index is 12.0. The minimum Gasteiger partial charge on any atom is -0.379 e. The van der Waals surface area contributed by atoms with Crippen LogP contribution >= 0.6 is 0 Å². The summed E-state index contributed by atoms with van der Waals surface area (Å²) in [6, 6.07) is 8.27. The van der Waals surface area contributed by atoms with Gasteiger partial charge in [0.05, 0.1) is 12.6 Å². The first kappa shape index (κ1) is 14.4. The number of benzene rings is 1. The van der Waals surface area contributed by atoms with Crippen molar-refractivity contribution in [2.24, 2.45) is 0 Å². The van der Waals surface area contributed by atoms with Crippen molar-refractivity contribution in [1.82, 2.24) is 14.8 Å². The summed E-state index contributed by atoms with van der Waals surface area (Å²) >= 11 is 0. The first-order chi connectivity index (χ1) is 11.2. The van der Waals surface area contributed by atoms with E-state index >= 15 is 0 Å². The third-order valence-corrected chi connectivity index (χ3v) is 4.48. The Hall–Kier alpha value is -2.21. The molecule has 4 rings (SSSR count). The van der Waals surface area contributed by atoms with Crippen LogP contribution < -0.4 is 4.90 Å². The van der Waals surface area contributed by atoms with Gasteiger partial charge in [-0.05, 0) is 31.9 Å². The summed E-state index contributed by atoms with van der Waals surface area (Å²) in [4.78, 5) is 18.4. The van der Waals surface area contributed by atoms with Gasteiger partial charge < -0.3 is 9.64 Å². The van der Waals surface area contributed by atoms with E-state index in [1.165, 1.54) is 0 Å². The van der Waals surface area contributed by atoms with E-state index in [1.54, 1.807) is 0 Å². The lowest BCUT2D eigenvalue weighted by Crippen LogP contribution is -2.23. The Morgan fingerprint density at radius 2 is 2.26 bits per heavy atom. The van der Waals surface area contributed by atoms with E-state index in [0.717, 1.165) is 48.9 Å². The number of rotatable bonds is 3. The number of amides is 1. The van der Waals surface area contributed by atoms with E-state index in [2.05, 4.69) is 10.1 Å². The van der Waals surface area contributed by atoms with Gasteiger partial charge in [-0.2, -0.15) is 5.10 Å². The minimum atomic E-state index is 0.198. The summed E-state index contributed by atoms with van der Waals surface area (Å²) in [6.45, 7) is 4.15. The first-order valence-electron chi connectivity index (χ1n) is 8.14. The maximum absolute atomic E-state index is 12.0. The molecule has 6 heteroatoms. The van der Waals surface area contributed by atoms with E-state index in [0.29, 0.717) is 13.0 Å². The molecule has 3 heterocycles. The van der Waals surface area contributed by atoms with Crippen LogP contribution in [0.1, 0.15) is 31.1 Å². The summed E-state index contributed by atoms with van der Waals surface area (Å²) in [5.41, 5.74) is 1.94. The lowest BCUT2D eigenvalue weighted by atomic mass is 10.1. The second kappa shape index (κ2) is 5.77. The highest BCUT2D eigenvalue weighted by Crippen LogP contribution is 2.29. The van der Waals surface area contributed by atoms with Crippen molar-refractivity contribution in [3.05, 3.63) is 30.1 Å². The number of anilines is 1. The number of aryl methyl sites for hydroxylation is 1. The third kappa shape index (κ3) is 2.63. The third-order valence-electron chi connectivity index (χ3n) is 4.48. The van der Waals surface area contributed by atoms with Crippen LogP contribution in [0.2, 0.25) is 0 Å². The molecule has 2 saturated heterocycles. The Morgan fingerprint density at radius 3 is 3.00 bits per heavy atom. The molecule has 0 radical (unpaired) electrons. The van der Waals surface area contributed by atoms with Crippen LogP contribution in [0, 0.1) is 6.92 Å². The van der Waals surface area contributed by atoms with Gasteiger partial charge in [-0.1, -0.05) is 12.1 Å². The highest BCUT2D eigenvalue weighted by atomic mass is 16.5. The smallest absolute Gasteiger partial charge is 0.227 e. The lowest BCUT2D eigenvalue weighted by molar-refractivity contribution is -0.117. The normalized spacial score (nSPS) is 21.3. The molecular weight excluding hydrogens is 292 g/mol. The topological polar surface area (TPSA) is 60.2 Å². The Morgan fingerprint density at radius 1 is 1.35 bits per heavy atom. The molecule has 1 atom stereocenters. The molecule has 120 valence electrons. The number of hydrogen-bond donors (Lipinski definition) is 0. The molecule has 0 bridgehead atoms. The predicted octanol–water partition coefficient (Wildman–Crippen LogP) is 2.34. The molecule has 2 aliphatic heterocycles. The summed E-state index contributed by atoms with van der Waals surface area (Å²) in [5, 5.41) is 4.56. The number of carbonyl (C=O) groups excluding carboxylic acids is 1. The van der Waals surface area contributed by atoms with Gasteiger partial charge in [-0.15, -0.1) is 0 Å². The molecule has 2 aromatic rings. The van der Waals surface area contributed by atoms with Crippen molar-refractivity contribution >= 4 is 11.6 Å². The second-order valence-corrected chi connectivity index (χ2v) is 6.14. The molecule has 2 fully saturated rings. The molecule has 1 amide bonds. The molecular formula is C17H20N4O2. The van der Waals surface area contributed by atoms with E-state index in [4.69, 9.17) is 4.74 Å². The van der Waals surface area contributed by atoms with Gasteiger partial charge in [0.2, 0.25) is 5.91 Å². The highest BCUT2D eigenvalue weighted by Gasteiger charge is 2.25. The maximum Gasteiger partial charge on any atom is 0.227 e. The molecule has 2 aliphatic rings. The van der Waals surface area contributed by atoms with Crippen LogP contribution in [0.15, 0.2) is 24.3 Å². The van der Waals surface area contributed by atoms with Crippen LogP contribution in [0.25, 0.3) is 11.4 Å². The monoisotopic (exact) mass is 312 g/mol. The average Bonchev–Trinajstić information content (AvgIpc) is 3.27. The minimum absolute atomic E-state index is 0.198. The van der Waals surface area contributed by atoms with Gasteiger partial charge in [-0.3, -0.25) is 4.79 Å². The molecule has 0 N–H and O–H groups in total. The Labute approximate surface area is 135 Å². The quantitative estimate of drug-likeness (QED) is 0.873. The number of ether oxygens (including phenoxy) is 1. The molecule has 0 saturated carbocycles. The van der Waals surface area contributed by atoms with Crippen LogP contribution in [0.5, 0.6) is 0 Å². The fourth-order valence-corrected chi connectivity index (χ4v) is 3.33. The molecule has 1 aromatic heterocycles. The van der Waals surface area contributed by atoms with Gasteiger partial charge in [0.25, 0.3) is 0 Å². The largest absolute Gasteiger partial charge is 0.379 e. The number of aromatic nitrogens is 3. The fourth-order valence-electron chi connectivity index (χ4n) is 3.33. The summed E-state index contributed by atoms with van der Waals surface area (Å²) in [6.07, 6.45) is 2.52. The van der Waals surface area contributed by atoms with Gasteiger partial charge in [0, 0.05) is 30.8 Å². The summed E-state index contributed by atoms with van der Waals surface area (Å²) in [5.74, 6) is 1.81. The number of hydrogen-bond acceptors (Lipinski definition) is 4. The van der Waals surface area contributed by atoms with E-state index in [1.807, 2.05) is 40.8 Å². The molecule has 23 heavy (non-hydrogen) atoms. The Kier molecular flexibility index (Phi) is 3.61. The SMILES string of the molecule is Cc1nc(-c2cccc(N3CCCC3=O)c2)n(C2CCOC2)n1. The van der Waals surface area contributed by atoms with Gasteiger partial charge >= 0.3 is 0 Å². The van der Waals surface area contributed by atoms with Crippen molar-refractivity contribution in [1.29, 1.82) is 0 Å². The molecule has 0 aliphatic carbocycles. The summed E-state index contributed by atoms with van der Waals surface area (Å²) in [7, 11) is 0. The summed E-state index contributed by atoms with van der Waals surface area (Å²) < 4.78 is 7.47. The highest BCUT2D eigenvalue weighted by molar-refractivity contribution is 5.95. The van der Waals surface area contributed by atoms with Crippen LogP contribution in [0.3, 0.4) is 0 Å². The first-order valence-corrected chi connectivity index (χ1v) is 8.14. The zero-order chi connectivity index (χ0) is 15.8. The zero-order valence-electron chi connectivity index (χ0n) is 13.2. The molecule has 1 aromatic carbocycles. The van der Waals surface area contributed by atoms with Gasteiger partial charge in [0.15, 0.2) is 5.82 Å². The predicted molar refractivity (Wildman–Crippen MR) is 86.3 cm³/mol. The van der Waals surface area contributed by atoms with Crippen LogP contribution in [-0.4, -0.2) is 40.4 Å². The number of carbonyl (C=O) groups is 1. The second-order valence-electron chi connectivity index (χ2n) is 6.14. The van der Waals surface area contributed by atoms with Crippen molar-refractivity contribution in [3.8, 4) is 11.4 Å². The molecule has 0 spiro atoms. The number of nitrogens with zero attached hydrogens (tertiary/aromatic N) is 4. The Balaban J connectivity index is 1.72. The van der Waals surface area contributed by atoms with E-state index in [9.17, 15) is 4.79 Å². The van der Waals surface area contributed by atoms with Crippen molar-refractivity contribution in [2.45, 2.75) is 32.2 Å². The van der Waals surface area contributed by atoms with Crippen LogP contribution in [-0.2, 0) is 9.53 Å². The van der Waals surface area contributed by atoms with Gasteiger partial charge in [0.1, 0.15) is 5.82 Å². The Bertz CT molecular complexity index is 734. The lowest BCUT2D eigenvalue weighted by Gasteiger charge is -2.17. The van der Waals surface area contributed by atoms with E-state index in [-0.39, 0.29) is 11.9 Å². The van der Waals surface area contributed by atoms with E-state index < -0.39 is 0 Å². The van der Waals surface area contributed by atoms with Crippen LogP contribution in [0.4, 0.5) is 5.69 Å². The average molecular weight is 312 g/mol. The fraction of sp³-hybridized carbons (Fsp3) is 0.471. The van der Waals surface area contributed by atoms with Crippen molar-refractivity contribution in [2.75, 3.05) is 24.7 Å². The van der Waals surface area contributed by atoms with Crippen molar-refractivity contribution < 1.29 is 9.53 Å². The zero-order valence-corrected chi connectivity index (χ0v) is 13.2. The molecule has 6 nitrogen and oxygen atoms in total. The standard InChI is InChI=1S/C17H20N4O2/c1-12-18-17(21(19-12)15-7-9-23-11-15)13-4-2-5-14(10-13)20-8-3-6-16(20)22/h2,4-5,10,15H,3,6-9,11H2,1H3.